The van der Waals surface area contributed by atoms with E-state index >= 15 is 0 Å². The van der Waals surface area contributed by atoms with Crippen molar-refractivity contribution in [2.45, 2.75) is 25.7 Å². The van der Waals surface area contributed by atoms with Gasteiger partial charge in [0, 0.05) is 25.2 Å². The molecule has 0 bridgehead atoms. The molecule has 0 amide bonds. The van der Waals surface area contributed by atoms with Crippen LogP contribution in [-0.2, 0) is 25.7 Å². The minimum absolute atomic E-state index is 0.917. The molecular formula is C32H21N3. The first-order chi connectivity index (χ1) is 17.3. The van der Waals surface area contributed by atoms with Crippen molar-refractivity contribution >= 4 is 17.3 Å². The minimum Gasteiger partial charge on any atom is -0.278 e. The molecule has 2 aliphatic heterocycles. The van der Waals surface area contributed by atoms with Gasteiger partial charge in [0.1, 0.15) is 11.6 Å². The van der Waals surface area contributed by atoms with Gasteiger partial charge in [-0.15, -0.1) is 0 Å². The summed E-state index contributed by atoms with van der Waals surface area (Å²) in [4.78, 5) is 12.0. The lowest BCUT2D eigenvalue weighted by Crippen LogP contribution is -2.27. The summed E-state index contributed by atoms with van der Waals surface area (Å²) in [5.41, 5.74) is 18.4. The lowest BCUT2D eigenvalue weighted by molar-refractivity contribution is 0.945. The van der Waals surface area contributed by atoms with Crippen LogP contribution >= 0.6 is 0 Å². The number of nitrogens with zero attached hydrogens (tertiary/aromatic N) is 3. The van der Waals surface area contributed by atoms with Crippen LogP contribution in [0.15, 0.2) is 79.1 Å². The third-order valence-corrected chi connectivity index (χ3v) is 8.44. The van der Waals surface area contributed by atoms with Crippen molar-refractivity contribution in [3.8, 4) is 22.3 Å². The highest BCUT2D eigenvalue weighted by Gasteiger charge is 2.38. The minimum atomic E-state index is 0.917. The monoisotopic (exact) mass is 447 g/mol. The van der Waals surface area contributed by atoms with E-state index in [1.54, 1.807) is 0 Å². The Hall–Kier alpha value is -4.24. The van der Waals surface area contributed by atoms with Crippen molar-refractivity contribution in [1.82, 2.24) is 9.97 Å². The summed E-state index contributed by atoms with van der Waals surface area (Å²) < 4.78 is 0. The molecule has 3 aromatic carbocycles. The van der Waals surface area contributed by atoms with Crippen LogP contribution in [0.4, 0.5) is 17.3 Å². The Bertz CT molecular complexity index is 1750. The topological polar surface area (TPSA) is 29.0 Å². The first-order valence-corrected chi connectivity index (χ1v) is 12.4. The number of benzene rings is 3. The van der Waals surface area contributed by atoms with Crippen molar-refractivity contribution in [3.05, 3.63) is 124 Å². The molecule has 0 spiro atoms. The van der Waals surface area contributed by atoms with Gasteiger partial charge in [0.2, 0.25) is 0 Å². The number of hydrogen-bond donors (Lipinski definition) is 0. The van der Waals surface area contributed by atoms with Gasteiger partial charge in [-0.3, -0.25) is 4.90 Å². The molecule has 4 aliphatic rings. The van der Waals surface area contributed by atoms with E-state index in [1.165, 1.54) is 72.4 Å². The van der Waals surface area contributed by atoms with Crippen LogP contribution in [0, 0.1) is 0 Å². The van der Waals surface area contributed by atoms with E-state index in [0.717, 1.165) is 37.3 Å². The fraction of sp³-hybridized carbons (Fsp3) is 0.125. The molecule has 0 unspecified atom stereocenters. The van der Waals surface area contributed by atoms with Gasteiger partial charge in [0.15, 0.2) is 0 Å². The highest BCUT2D eigenvalue weighted by atomic mass is 15.3. The highest BCUT2D eigenvalue weighted by Crippen LogP contribution is 2.55. The first kappa shape index (κ1) is 18.1. The van der Waals surface area contributed by atoms with Gasteiger partial charge in [0.05, 0.1) is 5.69 Å². The van der Waals surface area contributed by atoms with Gasteiger partial charge in [0.25, 0.3) is 0 Å². The van der Waals surface area contributed by atoms with E-state index in [-0.39, 0.29) is 0 Å². The summed E-state index contributed by atoms with van der Waals surface area (Å²) in [6.07, 6.45) is 7.71. The molecule has 0 N–H and O–H groups in total. The zero-order chi connectivity index (χ0) is 22.7. The maximum atomic E-state index is 4.84. The number of pyridine rings is 2. The molecule has 35 heavy (non-hydrogen) atoms. The quantitative estimate of drug-likeness (QED) is 0.253. The maximum Gasteiger partial charge on any atom is 0.142 e. The molecule has 9 rings (SSSR count). The largest absolute Gasteiger partial charge is 0.278 e. The van der Waals surface area contributed by atoms with Crippen molar-refractivity contribution in [2.24, 2.45) is 0 Å². The molecule has 3 heteroatoms. The number of aromatic nitrogens is 2. The molecule has 0 atom stereocenters. The number of fused-ring (bicyclic) bond motifs is 12. The molecular weight excluding hydrogens is 426 g/mol. The molecule has 4 heterocycles. The van der Waals surface area contributed by atoms with E-state index in [4.69, 9.17) is 9.97 Å². The SMILES string of the molecule is c1ccc2c(c1)Cc1ccc3c(c1-2)Cc1c-3cc2c3c1Cc1cccnc1N3c1ncccc1C2. The Balaban J connectivity index is 1.32. The van der Waals surface area contributed by atoms with E-state index in [1.807, 2.05) is 12.4 Å². The van der Waals surface area contributed by atoms with Gasteiger partial charge in [-0.25, -0.2) is 9.97 Å². The number of anilines is 3. The van der Waals surface area contributed by atoms with Gasteiger partial charge >= 0.3 is 0 Å². The van der Waals surface area contributed by atoms with Crippen LogP contribution in [0.5, 0.6) is 0 Å². The Morgan fingerprint density at radius 3 is 2.11 bits per heavy atom. The summed E-state index contributed by atoms with van der Waals surface area (Å²) in [6.45, 7) is 0. The third-order valence-electron chi connectivity index (χ3n) is 8.44. The van der Waals surface area contributed by atoms with Crippen LogP contribution in [0.2, 0.25) is 0 Å². The smallest absolute Gasteiger partial charge is 0.142 e. The molecule has 2 aromatic heterocycles. The van der Waals surface area contributed by atoms with Crippen LogP contribution < -0.4 is 4.90 Å². The molecule has 2 aliphatic carbocycles. The zero-order valence-electron chi connectivity index (χ0n) is 19.2. The molecule has 0 saturated carbocycles. The maximum absolute atomic E-state index is 4.84. The normalized spacial score (nSPS) is 14.9. The van der Waals surface area contributed by atoms with Crippen molar-refractivity contribution in [3.63, 3.8) is 0 Å². The second-order valence-electron chi connectivity index (χ2n) is 10.2. The van der Waals surface area contributed by atoms with Crippen molar-refractivity contribution in [2.75, 3.05) is 4.90 Å². The molecule has 5 aromatic rings. The predicted octanol–water partition coefficient (Wildman–Crippen LogP) is 6.90. The molecule has 0 saturated heterocycles. The van der Waals surface area contributed by atoms with E-state index in [0.29, 0.717) is 0 Å². The number of hydrogen-bond acceptors (Lipinski definition) is 3. The van der Waals surface area contributed by atoms with E-state index < -0.39 is 0 Å². The Labute approximate surface area is 203 Å². The fourth-order valence-electron chi connectivity index (χ4n) is 7.04. The lowest BCUT2D eigenvalue weighted by atomic mass is 9.84. The standard InChI is InChI=1S/C32H21N3/c1-2-8-23-18(5-1)13-19-9-10-24-25-16-22-14-20-6-3-11-33-31(20)35-30(22)28(26(25)17-27(24)29(19)23)15-21-7-4-12-34-32(21)35/h1-12,16H,13-15,17H2. The van der Waals surface area contributed by atoms with Crippen LogP contribution in [0.1, 0.15) is 44.5 Å². The molecule has 0 fully saturated rings. The Morgan fingerprint density at radius 1 is 0.514 bits per heavy atom. The number of rotatable bonds is 0. The first-order valence-electron chi connectivity index (χ1n) is 12.4. The van der Waals surface area contributed by atoms with Crippen LogP contribution in [0.25, 0.3) is 22.3 Å². The van der Waals surface area contributed by atoms with Gasteiger partial charge in [-0.1, -0.05) is 48.5 Å². The average Bonchev–Trinajstić information content (AvgIpc) is 3.46. The van der Waals surface area contributed by atoms with Crippen molar-refractivity contribution < 1.29 is 0 Å². The molecule has 3 nitrogen and oxygen atoms in total. The van der Waals surface area contributed by atoms with Crippen molar-refractivity contribution in [1.29, 1.82) is 0 Å². The second-order valence-corrected chi connectivity index (χ2v) is 10.2. The lowest BCUT2D eigenvalue weighted by Gasteiger charge is -2.38. The van der Waals surface area contributed by atoms with Gasteiger partial charge < -0.3 is 0 Å². The van der Waals surface area contributed by atoms with E-state index in [9.17, 15) is 0 Å². The average molecular weight is 448 g/mol. The Kier molecular flexibility index (Phi) is 3.24. The summed E-state index contributed by atoms with van der Waals surface area (Å²) in [6, 6.07) is 24.8. The molecule has 164 valence electrons. The zero-order valence-corrected chi connectivity index (χ0v) is 19.2. The van der Waals surface area contributed by atoms with Crippen LogP contribution in [0.3, 0.4) is 0 Å². The highest BCUT2D eigenvalue weighted by molar-refractivity contribution is 5.95. The van der Waals surface area contributed by atoms with Crippen LogP contribution in [-0.4, -0.2) is 9.97 Å². The third kappa shape index (κ3) is 2.21. The fourth-order valence-corrected chi connectivity index (χ4v) is 7.04. The molecule has 0 radical (unpaired) electrons. The van der Waals surface area contributed by atoms with E-state index in [2.05, 4.69) is 71.6 Å². The predicted molar refractivity (Wildman–Crippen MR) is 139 cm³/mol. The van der Waals surface area contributed by atoms with Gasteiger partial charge in [-0.05, 0) is 97.8 Å². The summed E-state index contributed by atoms with van der Waals surface area (Å²) in [7, 11) is 0. The summed E-state index contributed by atoms with van der Waals surface area (Å²) in [5.74, 6) is 2.07. The Morgan fingerprint density at radius 2 is 1.26 bits per heavy atom. The summed E-state index contributed by atoms with van der Waals surface area (Å²) in [5, 5.41) is 0. The van der Waals surface area contributed by atoms with Gasteiger partial charge in [-0.2, -0.15) is 0 Å². The summed E-state index contributed by atoms with van der Waals surface area (Å²) >= 11 is 0. The second kappa shape index (κ2) is 6.25.